The number of carbonyl (C=O) groups is 1. The third-order valence-electron chi connectivity index (χ3n) is 2.88. The zero-order valence-corrected chi connectivity index (χ0v) is 11.8. The molecule has 2 aromatic rings. The molecule has 0 bridgehead atoms. The molecule has 0 aliphatic rings. The van der Waals surface area contributed by atoms with E-state index in [4.69, 9.17) is 5.11 Å². The molecule has 2 rings (SSSR count). The van der Waals surface area contributed by atoms with Crippen molar-refractivity contribution in [2.45, 2.75) is 13.3 Å². The fraction of sp³-hybridized carbons (Fsp3) is 0.214. The van der Waals surface area contributed by atoms with Crippen LogP contribution in [0.4, 0.5) is 11.5 Å². The van der Waals surface area contributed by atoms with E-state index in [1.165, 1.54) is 24.4 Å². The molecular formula is C14H14N4O4. The van der Waals surface area contributed by atoms with E-state index in [0.717, 1.165) is 6.42 Å². The first-order valence-corrected chi connectivity index (χ1v) is 6.62. The molecule has 0 spiro atoms. The van der Waals surface area contributed by atoms with E-state index in [0.29, 0.717) is 12.1 Å². The van der Waals surface area contributed by atoms with Crippen molar-refractivity contribution in [2.24, 2.45) is 0 Å². The number of aromatic nitrogens is 2. The summed E-state index contributed by atoms with van der Waals surface area (Å²) in [5.74, 6) is -0.706. The summed E-state index contributed by atoms with van der Waals surface area (Å²) in [6.07, 6.45) is 2.00. The summed E-state index contributed by atoms with van der Waals surface area (Å²) in [7, 11) is 0. The molecule has 0 atom stereocenters. The van der Waals surface area contributed by atoms with Crippen molar-refractivity contribution in [1.82, 2.24) is 9.97 Å². The Morgan fingerprint density at radius 3 is 2.86 bits per heavy atom. The fourth-order valence-electron chi connectivity index (χ4n) is 1.81. The highest BCUT2D eigenvalue weighted by molar-refractivity contribution is 5.93. The van der Waals surface area contributed by atoms with E-state index in [1.807, 2.05) is 6.92 Å². The number of hydrogen-bond donors (Lipinski definition) is 2. The van der Waals surface area contributed by atoms with Gasteiger partial charge in [0.05, 0.1) is 4.92 Å². The summed E-state index contributed by atoms with van der Waals surface area (Å²) in [5, 5.41) is 22.9. The second kappa shape index (κ2) is 6.61. The lowest BCUT2D eigenvalue weighted by molar-refractivity contribution is -0.384. The lowest BCUT2D eigenvalue weighted by Gasteiger charge is -2.09. The van der Waals surface area contributed by atoms with Crippen LogP contribution in [-0.2, 0) is 0 Å². The summed E-state index contributed by atoms with van der Waals surface area (Å²) in [4.78, 5) is 29.6. The van der Waals surface area contributed by atoms with E-state index in [1.54, 1.807) is 6.07 Å². The maximum absolute atomic E-state index is 11.2. The highest BCUT2D eigenvalue weighted by Gasteiger charge is 2.15. The van der Waals surface area contributed by atoms with Gasteiger partial charge in [-0.2, -0.15) is 0 Å². The highest BCUT2D eigenvalue weighted by atomic mass is 16.6. The molecule has 0 amide bonds. The first-order valence-electron chi connectivity index (χ1n) is 6.62. The van der Waals surface area contributed by atoms with Gasteiger partial charge in [0.25, 0.3) is 5.69 Å². The third-order valence-corrected chi connectivity index (χ3v) is 2.88. The largest absolute Gasteiger partial charge is 0.477 e. The average molecular weight is 302 g/mol. The SMILES string of the molecule is CCCNc1nc(-c2cccc([N+](=O)[O-])c2)ncc1C(=O)O. The normalized spacial score (nSPS) is 10.2. The van der Waals surface area contributed by atoms with E-state index < -0.39 is 10.9 Å². The number of benzene rings is 1. The Hall–Kier alpha value is -3.03. The van der Waals surface area contributed by atoms with E-state index >= 15 is 0 Å². The van der Waals surface area contributed by atoms with Crippen LogP contribution in [0.25, 0.3) is 11.4 Å². The number of hydrogen-bond acceptors (Lipinski definition) is 6. The number of nitrogens with one attached hydrogen (secondary N) is 1. The molecule has 8 heteroatoms. The minimum Gasteiger partial charge on any atom is -0.477 e. The van der Waals surface area contributed by atoms with Crippen molar-refractivity contribution in [2.75, 3.05) is 11.9 Å². The molecule has 0 unspecified atom stereocenters. The van der Waals surface area contributed by atoms with Crippen LogP contribution in [0.1, 0.15) is 23.7 Å². The molecular weight excluding hydrogens is 288 g/mol. The van der Waals surface area contributed by atoms with Crippen LogP contribution in [0.2, 0.25) is 0 Å². The Labute approximate surface area is 126 Å². The monoisotopic (exact) mass is 302 g/mol. The predicted molar refractivity (Wildman–Crippen MR) is 79.9 cm³/mol. The lowest BCUT2D eigenvalue weighted by atomic mass is 10.2. The van der Waals surface area contributed by atoms with Gasteiger partial charge in [0.1, 0.15) is 11.4 Å². The number of nitro benzene ring substituents is 1. The standard InChI is InChI=1S/C14H14N4O4/c1-2-6-15-13-11(14(19)20)8-16-12(17-13)9-4-3-5-10(7-9)18(21)22/h3-5,7-8H,2,6H2,1H3,(H,19,20)(H,15,16,17). The number of rotatable bonds is 6. The van der Waals surface area contributed by atoms with Gasteiger partial charge in [0, 0.05) is 30.4 Å². The fourth-order valence-corrected chi connectivity index (χ4v) is 1.81. The van der Waals surface area contributed by atoms with Gasteiger partial charge in [0.2, 0.25) is 0 Å². The second-order valence-corrected chi connectivity index (χ2v) is 4.50. The van der Waals surface area contributed by atoms with Crippen LogP contribution in [0.3, 0.4) is 0 Å². The molecule has 0 saturated carbocycles. The molecule has 0 saturated heterocycles. The highest BCUT2D eigenvalue weighted by Crippen LogP contribution is 2.23. The van der Waals surface area contributed by atoms with Gasteiger partial charge in [-0.3, -0.25) is 10.1 Å². The van der Waals surface area contributed by atoms with Crippen molar-refractivity contribution in [3.05, 3.63) is 46.1 Å². The summed E-state index contributed by atoms with van der Waals surface area (Å²) in [6.45, 7) is 2.50. The number of aromatic carboxylic acids is 1. The van der Waals surface area contributed by atoms with Crippen molar-refractivity contribution >= 4 is 17.5 Å². The zero-order valence-electron chi connectivity index (χ0n) is 11.8. The van der Waals surface area contributed by atoms with Crippen LogP contribution >= 0.6 is 0 Å². The topological polar surface area (TPSA) is 118 Å². The molecule has 1 aromatic heterocycles. The van der Waals surface area contributed by atoms with Gasteiger partial charge in [-0.1, -0.05) is 19.1 Å². The Morgan fingerprint density at radius 2 is 2.23 bits per heavy atom. The molecule has 0 radical (unpaired) electrons. The molecule has 8 nitrogen and oxygen atoms in total. The second-order valence-electron chi connectivity index (χ2n) is 4.50. The first-order chi connectivity index (χ1) is 10.5. The predicted octanol–water partition coefficient (Wildman–Crippen LogP) is 2.57. The zero-order chi connectivity index (χ0) is 16.1. The maximum Gasteiger partial charge on any atom is 0.341 e. The number of anilines is 1. The van der Waals surface area contributed by atoms with Gasteiger partial charge in [-0.05, 0) is 6.42 Å². The number of nitrogens with zero attached hydrogens (tertiary/aromatic N) is 3. The molecule has 114 valence electrons. The molecule has 1 heterocycles. The maximum atomic E-state index is 11.2. The van der Waals surface area contributed by atoms with E-state index in [-0.39, 0.29) is 22.9 Å². The van der Waals surface area contributed by atoms with Crippen LogP contribution in [-0.4, -0.2) is 32.5 Å². The Balaban J connectivity index is 2.45. The smallest absolute Gasteiger partial charge is 0.341 e. The molecule has 2 N–H and O–H groups in total. The summed E-state index contributed by atoms with van der Waals surface area (Å²) < 4.78 is 0. The lowest BCUT2D eigenvalue weighted by Crippen LogP contribution is -2.10. The van der Waals surface area contributed by atoms with E-state index in [2.05, 4.69) is 15.3 Å². The summed E-state index contributed by atoms with van der Waals surface area (Å²) >= 11 is 0. The van der Waals surface area contributed by atoms with Crippen molar-refractivity contribution in [3.8, 4) is 11.4 Å². The molecule has 22 heavy (non-hydrogen) atoms. The Bertz CT molecular complexity index is 718. The van der Waals surface area contributed by atoms with E-state index in [9.17, 15) is 14.9 Å². The Morgan fingerprint density at radius 1 is 1.45 bits per heavy atom. The van der Waals surface area contributed by atoms with Gasteiger partial charge < -0.3 is 10.4 Å². The number of carboxylic acid groups (broad SMARTS) is 1. The van der Waals surface area contributed by atoms with Crippen LogP contribution in [0.15, 0.2) is 30.5 Å². The summed E-state index contributed by atoms with van der Waals surface area (Å²) in [6, 6.07) is 5.87. The first kappa shape index (κ1) is 15.4. The van der Waals surface area contributed by atoms with Crippen molar-refractivity contribution in [3.63, 3.8) is 0 Å². The Kier molecular flexibility index (Phi) is 4.62. The van der Waals surface area contributed by atoms with Crippen molar-refractivity contribution in [1.29, 1.82) is 0 Å². The van der Waals surface area contributed by atoms with Crippen molar-refractivity contribution < 1.29 is 14.8 Å². The van der Waals surface area contributed by atoms with Crippen LogP contribution < -0.4 is 5.32 Å². The van der Waals surface area contributed by atoms with Gasteiger partial charge in [-0.15, -0.1) is 0 Å². The minimum absolute atomic E-state index is 0.0392. The molecule has 0 fully saturated rings. The van der Waals surface area contributed by atoms with Crippen LogP contribution in [0.5, 0.6) is 0 Å². The van der Waals surface area contributed by atoms with Gasteiger partial charge >= 0.3 is 5.97 Å². The van der Waals surface area contributed by atoms with Gasteiger partial charge in [0.15, 0.2) is 5.82 Å². The third kappa shape index (κ3) is 3.35. The molecule has 1 aromatic carbocycles. The average Bonchev–Trinajstić information content (AvgIpc) is 2.52. The van der Waals surface area contributed by atoms with Crippen LogP contribution in [0, 0.1) is 10.1 Å². The quantitative estimate of drug-likeness (QED) is 0.621. The minimum atomic E-state index is -1.14. The number of carboxylic acids is 1. The molecule has 0 aliphatic heterocycles. The summed E-state index contributed by atoms with van der Waals surface area (Å²) in [5.41, 5.74) is 0.333. The number of nitro groups is 1. The van der Waals surface area contributed by atoms with Gasteiger partial charge in [-0.25, -0.2) is 14.8 Å². The number of non-ortho nitro benzene ring substituents is 1. The molecule has 0 aliphatic carbocycles.